The first-order valence-electron chi connectivity index (χ1n) is 9.43. The number of carbonyl (C=O) groups is 1. The Balaban J connectivity index is 1.50. The SMILES string of the molecule is CC(=O)N1CCC(Oc2nc3ccc(-c4ccc(S(C)(=O)=O)cc4)cc3s2)CC1. The van der Waals surface area contributed by atoms with Gasteiger partial charge in [-0.25, -0.2) is 13.4 Å². The zero-order valence-corrected chi connectivity index (χ0v) is 17.9. The van der Waals surface area contributed by atoms with Gasteiger partial charge in [0.15, 0.2) is 9.84 Å². The van der Waals surface area contributed by atoms with Gasteiger partial charge in [0.1, 0.15) is 6.10 Å². The lowest BCUT2D eigenvalue weighted by Gasteiger charge is -2.30. The first kappa shape index (κ1) is 19.8. The van der Waals surface area contributed by atoms with Crippen LogP contribution in [0.25, 0.3) is 21.3 Å². The van der Waals surface area contributed by atoms with Gasteiger partial charge in [-0.2, -0.15) is 0 Å². The van der Waals surface area contributed by atoms with Crippen LogP contribution in [0.5, 0.6) is 5.19 Å². The zero-order valence-electron chi connectivity index (χ0n) is 16.3. The van der Waals surface area contributed by atoms with E-state index in [1.165, 1.54) is 17.6 Å². The van der Waals surface area contributed by atoms with Gasteiger partial charge in [-0.15, -0.1) is 0 Å². The molecule has 0 bridgehead atoms. The van der Waals surface area contributed by atoms with E-state index in [0.717, 1.165) is 47.3 Å². The maximum absolute atomic E-state index is 11.6. The molecule has 2 aromatic carbocycles. The third-order valence-corrected chi connectivity index (χ3v) is 7.18. The number of likely N-dealkylation sites (tertiary alicyclic amines) is 1. The number of hydrogen-bond donors (Lipinski definition) is 0. The number of thiazole rings is 1. The smallest absolute Gasteiger partial charge is 0.274 e. The molecular formula is C21H22N2O4S2. The molecule has 1 aliphatic rings. The summed E-state index contributed by atoms with van der Waals surface area (Å²) in [7, 11) is -3.20. The number of aromatic nitrogens is 1. The molecule has 4 rings (SSSR count). The Hall–Kier alpha value is -2.45. The number of fused-ring (bicyclic) bond motifs is 1. The Morgan fingerprint density at radius 3 is 2.38 bits per heavy atom. The highest BCUT2D eigenvalue weighted by Gasteiger charge is 2.23. The van der Waals surface area contributed by atoms with Crippen LogP contribution in [0.15, 0.2) is 47.4 Å². The minimum Gasteiger partial charge on any atom is -0.467 e. The van der Waals surface area contributed by atoms with Crippen LogP contribution < -0.4 is 4.74 Å². The topological polar surface area (TPSA) is 76.6 Å². The van der Waals surface area contributed by atoms with Crippen LogP contribution in [0.2, 0.25) is 0 Å². The van der Waals surface area contributed by atoms with Gasteiger partial charge in [-0.1, -0.05) is 29.5 Å². The first-order chi connectivity index (χ1) is 13.8. The standard InChI is InChI=1S/C21H22N2O4S2/c1-14(24)23-11-9-17(10-12-23)27-21-22-19-8-5-16(13-20(19)28-21)15-3-6-18(7-4-15)29(2,25)26/h3-8,13,17H,9-12H2,1-2H3. The summed E-state index contributed by atoms with van der Waals surface area (Å²) >= 11 is 1.50. The van der Waals surface area contributed by atoms with Gasteiger partial charge in [-0.05, 0) is 35.4 Å². The average Bonchev–Trinajstić information content (AvgIpc) is 3.09. The van der Waals surface area contributed by atoms with Crippen molar-refractivity contribution in [2.24, 2.45) is 0 Å². The molecule has 8 heteroatoms. The van der Waals surface area contributed by atoms with E-state index in [2.05, 4.69) is 4.98 Å². The molecule has 0 radical (unpaired) electrons. The van der Waals surface area contributed by atoms with Crippen molar-refractivity contribution in [3.8, 4) is 16.3 Å². The molecule has 0 unspecified atom stereocenters. The normalized spacial score (nSPS) is 15.6. The Labute approximate surface area is 174 Å². The minimum atomic E-state index is -3.20. The second-order valence-corrected chi connectivity index (χ2v) is 10.3. The van der Waals surface area contributed by atoms with E-state index < -0.39 is 9.84 Å². The number of sulfone groups is 1. The summed E-state index contributed by atoms with van der Waals surface area (Å²) in [5.41, 5.74) is 2.83. The van der Waals surface area contributed by atoms with E-state index in [1.54, 1.807) is 19.1 Å². The monoisotopic (exact) mass is 430 g/mol. The number of benzene rings is 2. The predicted molar refractivity (Wildman–Crippen MR) is 114 cm³/mol. The zero-order chi connectivity index (χ0) is 20.6. The van der Waals surface area contributed by atoms with Crippen molar-refractivity contribution in [3.63, 3.8) is 0 Å². The largest absolute Gasteiger partial charge is 0.467 e. The quantitative estimate of drug-likeness (QED) is 0.630. The Bertz CT molecular complexity index is 1150. The summed E-state index contributed by atoms with van der Waals surface area (Å²) < 4.78 is 30.4. The van der Waals surface area contributed by atoms with Crippen molar-refractivity contribution in [2.75, 3.05) is 19.3 Å². The molecule has 0 N–H and O–H groups in total. The molecule has 1 fully saturated rings. The second-order valence-electron chi connectivity index (χ2n) is 7.28. The molecule has 0 saturated carbocycles. The highest BCUT2D eigenvalue weighted by atomic mass is 32.2. The van der Waals surface area contributed by atoms with Crippen LogP contribution >= 0.6 is 11.3 Å². The molecule has 0 spiro atoms. The molecule has 1 aromatic heterocycles. The molecule has 0 atom stereocenters. The van der Waals surface area contributed by atoms with E-state index >= 15 is 0 Å². The molecule has 29 heavy (non-hydrogen) atoms. The number of carbonyl (C=O) groups excluding carboxylic acids is 1. The van der Waals surface area contributed by atoms with E-state index in [0.29, 0.717) is 10.1 Å². The highest BCUT2D eigenvalue weighted by Crippen LogP contribution is 2.33. The Morgan fingerprint density at radius 1 is 1.10 bits per heavy atom. The van der Waals surface area contributed by atoms with Crippen LogP contribution in [-0.4, -0.2) is 49.7 Å². The lowest BCUT2D eigenvalue weighted by molar-refractivity contribution is -0.130. The summed E-state index contributed by atoms with van der Waals surface area (Å²) in [6, 6.07) is 12.9. The molecular weight excluding hydrogens is 408 g/mol. The molecule has 1 amide bonds. The van der Waals surface area contributed by atoms with Crippen molar-refractivity contribution in [1.82, 2.24) is 9.88 Å². The summed E-state index contributed by atoms with van der Waals surface area (Å²) in [5.74, 6) is 0.112. The summed E-state index contributed by atoms with van der Waals surface area (Å²) in [5, 5.41) is 0.644. The second kappa shape index (κ2) is 7.76. The van der Waals surface area contributed by atoms with Gasteiger partial charge in [0.05, 0.1) is 15.1 Å². The van der Waals surface area contributed by atoms with Crippen LogP contribution in [0.1, 0.15) is 19.8 Å². The fourth-order valence-electron chi connectivity index (χ4n) is 3.46. The maximum atomic E-state index is 11.6. The number of rotatable bonds is 4. The fourth-order valence-corrected chi connectivity index (χ4v) is 5.01. The van der Waals surface area contributed by atoms with Gasteiger partial charge in [0.2, 0.25) is 5.91 Å². The van der Waals surface area contributed by atoms with E-state index in [1.807, 2.05) is 35.2 Å². The fraction of sp³-hybridized carbons (Fsp3) is 0.333. The molecule has 1 saturated heterocycles. The maximum Gasteiger partial charge on any atom is 0.274 e. The number of nitrogens with zero attached hydrogens (tertiary/aromatic N) is 2. The Morgan fingerprint density at radius 2 is 1.76 bits per heavy atom. The van der Waals surface area contributed by atoms with Crippen LogP contribution in [0.4, 0.5) is 0 Å². The van der Waals surface area contributed by atoms with Crippen LogP contribution in [0.3, 0.4) is 0 Å². The lowest BCUT2D eigenvalue weighted by Crippen LogP contribution is -2.40. The van der Waals surface area contributed by atoms with Gasteiger partial charge < -0.3 is 9.64 Å². The summed E-state index contributed by atoms with van der Waals surface area (Å²) in [6.07, 6.45) is 2.91. The van der Waals surface area contributed by atoms with Crippen molar-refractivity contribution >= 4 is 37.3 Å². The van der Waals surface area contributed by atoms with Crippen LogP contribution in [-0.2, 0) is 14.6 Å². The molecule has 2 heterocycles. The molecule has 6 nitrogen and oxygen atoms in total. The first-order valence-corrected chi connectivity index (χ1v) is 12.1. The number of amides is 1. The third-order valence-electron chi connectivity index (χ3n) is 5.14. The molecule has 152 valence electrons. The number of piperidine rings is 1. The van der Waals surface area contributed by atoms with Gasteiger partial charge in [0.25, 0.3) is 5.19 Å². The number of ether oxygens (including phenoxy) is 1. The predicted octanol–water partition coefficient (Wildman–Crippen LogP) is 3.76. The van der Waals surface area contributed by atoms with Crippen molar-refractivity contribution in [1.29, 1.82) is 0 Å². The third kappa shape index (κ3) is 4.43. The van der Waals surface area contributed by atoms with Crippen molar-refractivity contribution < 1.29 is 17.9 Å². The van der Waals surface area contributed by atoms with Gasteiger partial charge in [0, 0.05) is 39.1 Å². The van der Waals surface area contributed by atoms with E-state index in [9.17, 15) is 13.2 Å². The van der Waals surface area contributed by atoms with E-state index in [4.69, 9.17) is 4.74 Å². The number of hydrogen-bond acceptors (Lipinski definition) is 6. The average molecular weight is 431 g/mol. The van der Waals surface area contributed by atoms with Crippen molar-refractivity contribution in [3.05, 3.63) is 42.5 Å². The van der Waals surface area contributed by atoms with E-state index in [-0.39, 0.29) is 12.0 Å². The molecule has 3 aromatic rings. The van der Waals surface area contributed by atoms with Gasteiger partial charge in [-0.3, -0.25) is 4.79 Å². The van der Waals surface area contributed by atoms with Crippen LogP contribution in [0, 0.1) is 0 Å². The van der Waals surface area contributed by atoms with Crippen molar-refractivity contribution in [2.45, 2.75) is 30.8 Å². The molecule has 1 aliphatic heterocycles. The minimum absolute atomic E-state index is 0.0779. The Kier molecular flexibility index (Phi) is 5.31. The highest BCUT2D eigenvalue weighted by molar-refractivity contribution is 7.90. The molecule has 0 aliphatic carbocycles. The van der Waals surface area contributed by atoms with Gasteiger partial charge >= 0.3 is 0 Å². The summed E-state index contributed by atoms with van der Waals surface area (Å²) in [4.78, 5) is 18.2. The summed E-state index contributed by atoms with van der Waals surface area (Å²) in [6.45, 7) is 3.04. The lowest BCUT2D eigenvalue weighted by atomic mass is 10.1.